The summed E-state index contributed by atoms with van der Waals surface area (Å²) in [5.74, 6) is 0.592. The number of rotatable bonds is 6. The standard InChI is InChI=1S/C30H34BrClO7/c1-14(2)12-20(33)18-10-11-21-22(25(18)36-5)28(34)37-13-19-24(32)15(3)23(31)27(26(19)38-21)39-29(35)30(4)16-6-7-17(30)9-8-16/h10-11,14,16-17,20,33H,6-9,12-13H2,1-5H3/t16?,17?,20-,30?/m0/s1. The van der Waals surface area contributed by atoms with Crippen LogP contribution in [0.3, 0.4) is 0 Å². The molecule has 39 heavy (non-hydrogen) atoms. The first-order chi connectivity index (χ1) is 18.5. The molecular weight excluding hydrogens is 588 g/mol. The number of hydrogen-bond acceptors (Lipinski definition) is 7. The first-order valence-electron chi connectivity index (χ1n) is 13.5. The third-order valence-corrected chi connectivity index (χ3v) is 10.3. The smallest absolute Gasteiger partial charge is 0.346 e. The lowest BCUT2D eigenvalue weighted by Crippen LogP contribution is -2.36. The Hall–Kier alpha value is -2.29. The van der Waals surface area contributed by atoms with Gasteiger partial charge in [-0.05, 0) is 97.3 Å². The molecule has 210 valence electrons. The molecule has 1 heterocycles. The van der Waals surface area contributed by atoms with Gasteiger partial charge in [0.05, 0.1) is 33.7 Å². The summed E-state index contributed by atoms with van der Waals surface area (Å²) in [5.41, 5.74) is 1.00. The molecule has 0 spiro atoms. The molecule has 2 saturated carbocycles. The molecule has 2 aliphatic carbocycles. The molecule has 3 aliphatic rings. The van der Waals surface area contributed by atoms with Crippen LogP contribution in [0.5, 0.6) is 23.0 Å². The van der Waals surface area contributed by atoms with E-state index in [0.29, 0.717) is 44.4 Å². The molecule has 7 nitrogen and oxygen atoms in total. The normalized spacial score (nSPS) is 24.3. The number of aliphatic hydroxyl groups is 1. The fourth-order valence-corrected chi connectivity index (χ4v) is 7.36. The largest absolute Gasteiger partial charge is 0.495 e. The zero-order valence-electron chi connectivity index (χ0n) is 22.9. The average molecular weight is 622 g/mol. The van der Waals surface area contributed by atoms with Crippen LogP contribution in [0.1, 0.15) is 86.0 Å². The number of carbonyl (C=O) groups is 2. The second-order valence-corrected chi connectivity index (χ2v) is 12.7. The van der Waals surface area contributed by atoms with Gasteiger partial charge in [0.25, 0.3) is 0 Å². The highest BCUT2D eigenvalue weighted by Gasteiger charge is 2.57. The number of hydrogen-bond donors (Lipinski definition) is 1. The van der Waals surface area contributed by atoms with Crippen molar-refractivity contribution in [2.45, 2.75) is 72.5 Å². The first kappa shape index (κ1) is 28.2. The Morgan fingerprint density at radius 2 is 1.85 bits per heavy atom. The van der Waals surface area contributed by atoms with Gasteiger partial charge in [-0.3, -0.25) is 4.79 Å². The van der Waals surface area contributed by atoms with Gasteiger partial charge in [-0.15, -0.1) is 0 Å². The van der Waals surface area contributed by atoms with Gasteiger partial charge in [0, 0.05) is 5.56 Å². The van der Waals surface area contributed by atoms with E-state index in [2.05, 4.69) is 15.9 Å². The molecule has 0 amide bonds. The topological polar surface area (TPSA) is 91.3 Å². The maximum absolute atomic E-state index is 13.7. The molecular formula is C30H34BrClO7. The van der Waals surface area contributed by atoms with Crippen LogP contribution in [0.15, 0.2) is 16.6 Å². The third-order valence-electron chi connectivity index (χ3n) is 8.83. The number of carbonyl (C=O) groups excluding carboxylic acids is 2. The summed E-state index contributed by atoms with van der Waals surface area (Å²) in [7, 11) is 1.43. The summed E-state index contributed by atoms with van der Waals surface area (Å²) in [4.78, 5) is 27.0. The number of fused-ring (bicyclic) bond motifs is 4. The van der Waals surface area contributed by atoms with Crippen molar-refractivity contribution in [3.05, 3.63) is 43.9 Å². The van der Waals surface area contributed by atoms with Crippen LogP contribution >= 0.6 is 27.5 Å². The lowest BCUT2D eigenvalue weighted by molar-refractivity contribution is -0.147. The van der Waals surface area contributed by atoms with E-state index in [1.807, 2.05) is 20.8 Å². The predicted molar refractivity (Wildman–Crippen MR) is 150 cm³/mol. The van der Waals surface area contributed by atoms with Crippen molar-refractivity contribution < 1.29 is 33.6 Å². The molecule has 0 aromatic heterocycles. The molecule has 0 saturated heterocycles. The number of halogens is 2. The number of esters is 2. The molecule has 9 heteroatoms. The summed E-state index contributed by atoms with van der Waals surface area (Å²) in [6.45, 7) is 7.61. The second-order valence-electron chi connectivity index (χ2n) is 11.5. The molecule has 5 rings (SSSR count). The van der Waals surface area contributed by atoms with Crippen molar-refractivity contribution in [3.8, 4) is 23.0 Å². The molecule has 1 N–H and O–H groups in total. The number of methoxy groups -OCH3 is 1. The van der Waals surface area contributed by atoms with Crippen molar-refractivity contribution >= 4 is 39.5 Å². The van der Waals surface area contributed by atoms with Crippen molar-refractivity contribution in [1.82, 2.24) is 0 Å². The number of cyclic esters (lactones) is 1. The third kappa shape index (κ3) is 4.62. The maximum Gasteiger partial charge on any atom is 0.346 e. The Kier molecular flexibility index (Phi) is 7.68. The fourth-order valence-electron chi connectivity index (χ4n) is 6.55. The van der Waals surface area contributed by atoms with Crippen LogP contribution in [0.4, 0.5) is 0 Å². The molecule has 2 aromatic carbocycles. The Morgan fingerprint density at radius 1 is 1.21 bits per heavy atom. The van der Waals surface area contributed by atoms with Crippen LogP contribution in [-0.2, 0) is 16.1 Å². The summed E-state index contributed by atoms with van der Waals surface area (Å²) in [6, 6.07) is 3.27. The van der Waals surface area contributed by atoms with Crippen LogP contribution in [0.2, 0.25) is 5.02 Å². The lowest BCUT2D eigenvalue weighted by Gasteiger charge is -2.29. The zero-order chi connectivity index (χ0) is 28.2. The quantitative estimate of drug-likeness (QED) is 0.261. The van der Waals surface area contributed by atoms with E-state index in [1.54, 1.807) is 19.1 Å². The van der Waals surface area contributed by atoms with Gasteiger partial charge in [-0.2, -0.15) is 0 Å². The van der Waals surface area contributed by atoms with Crippen LogP contribution in [0.25, 0.3) is 0 Å². The van der Waals surface area contributed by atoms with Gasteiger partial charge >= 0.3 is 11.9 Å². The molecule has 2 aromatic rings. The van der Waals surface area contributed by atoms with Crippen LogP contribution < -0.4 is 14.2 Å². The van der Waals surface area contributed by atoms with Crippen LogP contribution in [0, 0.1) is 30.1 Å². The second kappa shape index (κ2) is 10.6. The molecule has 1 atom stereocenters. The Morgan fingerprint density at radius 3 is 2.44 bits per heavy atom. The number of aliphatic hydroxyl groups excluding tert-OH is 1. The Bertz CT molecular complexity index is 1320. The van der Waals surface area contributed by atoms with Crippen molar-refractivity contribution in [2.24, 2.45) is 23.2 Å². The van der Waals surface area contributed by atoms with Gasteiger partial charge in [-0.1, -0.05) is 25.4 Å². The highest BCUT2D eigenvalue weighted by Crippen LogP contribution is 2.59. The van der Waals surface area contributed by atoms with Crippen LogP contribution in [-0.4, -0.2) is 24.2 Å². The zero-order valence-corrected chi connectivity index (χ0v) is 25.2. The number of ether oxygens (including phenoxy) is 4. The van der Waals surface area contributed by atoms with E-state index >= 15 is 0 Å². The van der Waals surface area contributed by atoms with E-state index < -0.39 is 17.5 Å². The van der Waals surface area contributed by atoms with Gasteiger partial charge < -0.3 is 24.1 Å². The fraction of sp³-hybridized carbons (Fsp3) is 0.533. The summed E-state index contributed by atoms with van der Waals surface area (Å²) in [6.07, 6.45) is 3.75. The lowest BCUT2D eigenvalue weighted by atomic mass is 9.80. The van der Waals surface area contributed by atoms with Gasteiger partial charge in [-0.25, -0.2) is 4.79 Å². The highest BCUT2D eigenvalue weighted by atomic mass is 79.9. The minimum Gasteiger partial charge on any atom is -0.495 e. The summed E-state index contributed by atoms with van der Waals surface area (Å²) >= 11 is 10.3. The minimum absolute atomic E-state index is 0.0503. The van der Waals surface area contributed by atoms with Gasteiger partial charge in [0.2, 0.25) is 0 Å². The first-order valence-corrected chi connectivity index (χ1v) is 14.6. The van der Waals surface area contributed by atoms with Crippen molar-refractivity contribution in [3.63, 3.8) is 0 Å². The summed E-state index contributed by atoms with van der Waals surface area (Å²) in [5, 5.41) is 11.2. The van der Waals surface area contributed by atoms with Gasteiger partial charge in [0.15, 0.2) is 11.5 Å². The molecule has 0 radical (unpaired) electrons. The molecule has 2 fully saturated rings. The molecule has 2 bridgehead atoms. The molecule has 1 aliphatic heterocycles. The van der Waals surface area contributed by atoms with E-state index in [4.69, 9.17) is 30.5 Å². The van der Waals surface area contributed by atoms with Crippen molar-refractivity contribution in [2.75, 3.05) is 7.11 Å². The minimum atomic E-state index is -0.846. The maximum atomic E-state index is 13.7. The van der Waals surface area contributed by atoms with Crippen molar-refractivity contribution in [1.29, 1.82) is 0 Å². The van der Waals surface area contributed by atoms with E-state index in [9.17, 15) is 14.7 Å². The average Bonchev–Trinajstić information content (AvgIpc) is 3.40. The summed E-state index contributed by atoms with van der Waals surface area (Å²) < 4.78 is 24.3. The monoisotopic (exact) mass is 620 g/mol. The number of benzene rings is 2. The van der Waals surface area contributed by atoms with E-state index in [1.165, 1.54) is 7.11 Å². The Balaban J connectivity index is 1.61. The SMILES string of the molecule is COc1c([C@@H](O)CC(C)C)ccc2c1C(=O)OCc1c(Cl)c(C)c(Br)c(OC(=O)C3(C)C4CCC3CC4)c1O2. The molecule has 0 unspecified atom stereocenters. The van der Waals surface area contributed by atoms with E-state index in [0.717, 1.165) is 25.7 Å². The van der Waals surface area contributed by atoms with E-state index in [-0.39, 0.29) is 47.1 Å². The van der Waals surface area contributed by atoms with Gasteiger partial charge in [0.1, 0.15) is 23.7 Å². The predicted octanol–water partition coefficient (Wildman–Crippen LogP) is 7.69. The Labute approximate surface area is 242 Å². The highest BCUT2D eigenvalue weighted by molar-refractivity contribution is 9.10.